The number of amides is 2. The van der Waals surface area contributed by atoms with Crippen molar-refractivity contribution in [3.8, 4) is 0 Å². The maximum atomic E-state index is 13.8. The van der Waals surface area contributed by atoms with Crippen molar-refractivity contribution in [1.29, 1.82) is 0 Å². The summed E-state index contributed by atoms with van der Waals surface area (Å²) in [5.41, 5.74) is 1.13. The molecular weight excluding hydrogens is 325 g/mol. The van der Waals surface area contributed by atoms with Gasteiger partial charge in [0.25, 0.3) is 0 Å². The van der Waals surface area contributed by atoms with Crippen LogP contribution in [0.1, 0.15) is 6.92 Å². The fourth-order valence-electron chi connectivity index (χ4n) is 2.86. The van der Waals surface area contributed by atoms with E-state index < -0.39 is 0 Å². The summed E-state index contributed by atoms with van der Waals surface area (Å²) in [6.45, 7) is 3.77. The van der Waals surface area contributed by atoms with Crippen LogP contribution in [0.25, 0.3) is 0 Å². The molecule has 25 heavy (non-hydrogen) atoms. The first-order valence-electron chi connectivity index (χ1n) is 8.10. The SMILES string of the molecule is CC(=O)Nc1cnn(CC(=O)N2CCN(c3ccccc3F)CC2)c1. The predicted molar refractivity (Wildman–Crippen MR) is 91.7 cm³/mol. The van der Waals surface area contributed by atoms with Crippen molar-refractivity contribution in [2.75, 3.05) is 36.4 Å². The minimum absolute atomic E-state index is 0.0503. The number of nitrogens with zero attached hydrogens (tertiary/aromatic N) is 4. The molecule has 2 heterocycles. The van der Waals surface area contributed by atoms with E-state index in [0.29, 0.717) is 37.6 Å². The maximum absolute atomic E-state index is 13.8. The fraction of sp³-hybridized carbons (Fsp3) is 0.353. The second-order valence-corrected chi connectivity index (χ2v) is 5.93. The van der Waals surface area contributed by atoms with Gasteiger partial charge in [-0.05, 0) is 12.1 Å². The van der Waals surface area contributed by atoms with Crippen molar-refractivity contribution in [3.05, 3.63) is 42.5 Å². The summed E-state index contributed by atoms with van der Waals surface area (Å²) in [6, 6.07) is 6.66. The number of aromatic nitrogens is 2. The van der Waals surface area contributed by atoms with E-state index in [9.17, 15) is 14.0 Å². The van der Waals surface area contributed by atoms with Crippen LogP contribution in [0, 0.1) is 5.82 Å². The van der Waals surface area contributed by atoms with Gasteiger partial charge in [0.15, 0.2) is 0 Å². The standard InChI is InChI=1S/C17H20FN5O2/c1-13(24)20-14-10-19-23(11-14)12-17(25)22-8-6-21(7-9-22)16-5-3-2-4-15(16)18/h2-5,10-11H,6-9,12H2,1H3,(H,20,24). The summed E-state index contributed by atoms with van der Waals surface area (Å²) < 4.78 is 15.3. The lowest BCUT2D eigenvalue weighted by Gasteiger charge is -2.36. The smallest absolute Gasteiger partial charge is 0.244 e. The molecule has 2 amide bonds. The molecule has 1 N–H and O–H groups in total. The van der Waals surface area contributed by atoms with Crippen LogP contribution >= 0.6 is 0 Å². The summed E-state index contributed by atoms with van der Waals surface area (Å²) >= 11 is 0. The third-order valence-corrected chi connectivity index (χ3v) is 4.08. The third kappa shape index (κ3) is 4.14. The lowest BCUT2D eigenvalue weighted by atomic mass is 10.2. The molecule has 1 saturated heterocycles. The summed E-state index contributed by atoms with van der Waals surface area (Å²) in [7, 11) is 0. The Bertz CT molecular complexity index is 768. The van der Waals surface area contributed by atoms with Crippen molar-refractivity contribution in [2.24, 2.45) is 0 Å². The molecule has 1 aromatic carbocycles. The van der Waals surface area contributed by atoms with E-state index in [0.717, 1.165) is 0 Å². The van der Waals surface area contributed by atoms with E-state index in [-0.39, 0.29) is 24.2 Å². The minimum Gasteiger partial charge on any atom is -0.366 e. The molecule has 132 valence electrons. The van der Waals surface area contributed by atoms with E-state index in [1.165, 1.54) is 23.9 Å². The van der Waals surface area contributed by atoms with Crippen molar-refractivity contribution in [1.82, 2.24) is 14.7 Å². The summed E-state index contributed by atoms with van der Waals surface area (Å²) in [4.78, 5) is 27.1. The van der Waals surface area contributed by atoms with Crippen LogP contribution in [0.5, 0.6) is 0 Å². The molecule has 1 fully saturated rings. The molecule has 1 aromatic heterocycles. The zero-order valence-electron chi connectivity index (χ0n) is 14.0. The second-order valence-electron chi connectivity index (χ2n) is 5.93. The summed E-state index contributed by atoms with van der Waals surface area (Å²) in [6.07, 6.45) is 3.12. The lowest BCUT2D eigenvalue weighted by molar-refractivity contribution is -0.132. The van der Waals surface area contributed by atoms with Gasteiger partial charge in [0.05, 0.1) is 17.6 Å². The fourth-order valence-corrected chi connectivity index (χ4v) is 2.86. The van der Waals surface area contributed by atoms with E-state index >= 15 is 0 Å². The number of para-hydroxylation sites is 1. The van der Waals surface area contributed by atoms with Gasteiger partial charge in [-0.2, -0.15) is 5.10 Å². The quantitative estimate of drug-likeness (QED) is 0.908. The average molecular weight is 345 g/mol. The lowest BCUT2D eigenvalue weighted by Crippen LogP contribution is -2.49. The first-order valence-corrected chi connectivity index (χ1v) is 8.10. The highest BCUT2D eigenvalue weighted by atomic mass is 19.1. The number of carbonyl (C=O) groups is 2. The zero-order valence-corrected chi connectivity index (χ0v) is 14.0. The Morgan fingerprint density at radius 3 is 2.60 bits per heavy atom. The van der Waals surface area contributed by atoms with Gasteiger partial charge in [-0.15, -0.1) is 0 Å². The van der Waals surface area contributed by atoms with Crippen LogP contribution in [-0.4, -0.2) is 52.7 Å². The van der Waals surface area contributed by atoms with Crippen LogP contribution < -0.4 is 10.2 Å². The van der Waals surface area contributed by atoms with E-state index in [2.05, 4.69) is 10.4 Å². The van der Waals surface area contributed by atoms with Gasteiger partial charge in [0.2, 0.25) is 11.8 Å². The number of anilines is 2. The monoisotopic (exact) mass is 345 g/mol. The topological polar surface area (TPSA) is 70.5 Å². The maximum Gasteiger partial charge on any atom is 0.244 e. The van der Waals surface area contributed by atoms with Gasteiger partial charge in [0.1, 0.15) is 12.4 Å². The Morgan fingerprint density at radius 2 is 1.92 bits per heavy atom. The van der Waals surface area contributed by atoms with Gasteiger partial charge in [-0.1, -0.05) is 12.1 Å². The number of halogens is 1. The normalized spacial score (nSPS) is 14.5. The van der Waals surface area contributed by atoms with Crippen molar-refractivity contribution >= 4 is 23.2 Å². The molecular formula is C17H20FN5O2. The second kappa shape index (κ2) is 7.33. The Hall–Kier alpha value is -2.90. The summed E-state index contributed by atoms with van der Waals surface area (Å²) in [5.74, 6) is -0.481. The van der Waals surface area contributed by atoms with Crippen LogP contribution in [0.3, 0.4) is 0 Å². The molecule has 8 heteroatoms. The zero-order chi connectivity index (χ0) is 17.8. The molecule has 1 aliphatic heterocycles. The first-order chi connectivity index (χ1) is 12.0. The third-order valence-electron chi connectivity index (χ3n) is 4.08. The van der Waals surface area contributed by atoms with Crippen molar-refractivity contribution in [2.45, 2.75) is 13.5 Å². The predicted octanol–water partition coefficient (Wildman–Crippen LogP) is 1.33. The number of hydrogen-bond donors (Lipinski definition) is 1. The number of hydrogen-bond acceptors (Lipinski definition) is 4. The van der Waals surface area contributed by atoms with Crippen LogP contribution in [0.15, 0.2) is 36.7 Å². The highest BCUT2D eigenvalue weighted by molar-refractivity contribution is 5.88. The van der Waals surface area contributed by atoms with Gasteiger partial charge < -0.3 is 15.1 Å². The molecule has 0 spiro atoms. The number of carbonyl (C=O) groups excluding carboxylic acids is 2. The molecule has 0 unspecified atom stereocenters. The van der Waals surface area contributed by atoms with Crippen LogP contribution in [-0.2, 0) is 16.1 Å². The molecule has 1 aliphatic rings. The van der Waals surface area contributed by atoms with Gasteiger partial charge >= 0.3 is 0 Å². The molecule has 2 aromatic rings. The highest BCUT2D eigenvalue weighted by Gasteiger charge is 2.23. The summed E-state index contributed by atoms with van der Waals surface area (Å²) in [5, 5.41) is 6.69. The number of nitrogens with one attached hydrogen (secondary N) is 1. The molecule has 0 bridgehead atoms. The molecule has 0 saturated carbocycles. The Morgan fingerprint density at radius 1 is 1.20 bits per heavy atom. The number of piperazine rings is 1. The van der Waals surface area contributed by atoms with Gasteiger partial charge in [-0.3, -0.25) is 14.3 Å². The average Bonchev–Trinajstić information content (AvgIpc) is 3.01. The number of rotatable bonds is 4. The van der Waals surface area contributed by atoms with Crippen molar-refractivity contribution in [3.63, 3.8) is 0 Å². The Labute approximate surface area is 145 Å². The molecule has 0 radical (unpaired) electrons. The van der Waals surface area contributed by atoms with Crippen molar-refractivity contribution < 1.29 is 14.0 Å². The first kappa shape index (κ1) is 16.9. The number of benzene rings is 1. The van der Waals surface area contributed by atoms with Gasteiger partial charge in [0, 0.05) is 39.3 Å². The largest absolute Gasteiger partial charge is 0.366 e. The van der Waals surface area contributed by atoms with E-state index in [4.69, 9.17) is 0 Å². The van der Waals surface area contributed by atoms with Gasteiger partial charge in [-0.25, -0.2) is 4.39 Å². The molecule has 3 rings (SSSR count). The van der Waals surface area contributed by atoms with E-state index in [1.807, 2.05) is 4.90 Å². The Kier molecular flexibility index (Phi) is 4.97. The minimum atomic E-state index is -0.246. The van der Waals surface area contributed by atoms with E-state index in [1.54, 1.807) is 29.3 Å². The van der Waals surface area contributed by atoms with Crippen LogP contribution in [0.4, 0.5) is 15.8 Å². The molecule has 7 nitrogen and oxygen atoms in total. The highest BCUT2D eigenvalue weighted by Crippen LogP contribution is 2.20. The van der Waals surface area contributed by atoms with Crippen LogP contribution in [0.2, 0.25) is 0 Å². The molecule has 0 atom stereocenters. The molecule has 0 aliphatic carbocycles. The Balaban J connectivity index is 1.54.